The van der Waals surface area contributed by atoms with E-state index in [4.69, 9.17) is 0 Å². The molecule has 0 spiro atoms. The van der Waals surface area contributed by atoms with Gasteiger partial charge in [0.1, 0.15) is 0 Å². The van der Waals surface area contributed by atoms with Crippen LogP contribution in [0.4, 0.5) is 0 Å². The van der Waals surface area contributed by atoms with E-state index in [9.17, 15) is 4.79 Å². The molecule has 16 heavy (non-hydrogen) atoms. The van der Waals surface area contributed by atoms with Crippen LogP contribution in [0.15, 0.2) is 30.3 Å². The molecule has 0 aliphatic heterocycles. The fourth-order valence-electron chi connectivity index (χ4n) is 1.74. The maximum Gasteiger partial charge on any atom is 0.223 e. The number of hydrogen-bond acceptors (Lipinski definition) is 1. The van der Waals surface area contributed by atoms with Crippen molar-refractivity contribution in [1.29, 1.82) is 0 Å². The van der Waals surface area contributed by atoms with Crippen molar-refractivity contribution in [1.82, 2.24) is 5.32 Å². The zero-order valence-corrected chi connectivity index (χ0v) is 10.4. The lowest BCUT2D eigenvalue weighted by Gasteiger charge is -2.17. The average molecular weight is 219 g/mol. The normalized spacial score (nSPS) is 14.2. The van der Waals surface area contributed by atoms with Crippen LogP contribution in [0.5, 0.6) is 0 Å². The Balaban J connectivity index is 2.51. The van der Waals surface area contributed by atoms with Gasteiger partial charge in [-0.3, -0.25) is 4.79 Å². The van der Waals surface area contributed by atoms with E-state index in [1.165, 1.54) is 0 Å². The highest BCUT2D eigenvalue weighted by atomic mass is 16.1. The fraction of sp³-hybridized carbons (Fsp3) is 0.500. The average Bonchev–Trinajstić information content (AvgIpc) is 2.30. The molecule has 1 aromatic rings. The first-order valence-electron chi connectivity index (χ1n) is 6.00. The van der Waals surface area contributed by atoms with Gasteiger partial charge in [0, 0.05) is 5.92 Å². The molecule has 2 atom stereocenters. The quantitative estimate of drug-likeness (QED) is 0.809. The molecule has 1 rings (SSSR count). The zero-order chi connectivity index (χ0) is 12.0. The van der Waals surface area contributed by atoms with Gasteiger partial charge in [0.2, 0.25) is 5.91 Å². The number of nitrogens with one attached hydrogen (secondary N) is 1. The molecule has 0 bridgehead atoms. The highest BCUT2D eigenvalue weighted by Crippen LogP contribution is 2.13. The van der Waals surface area contributed by atoms with Gasteiger partial charge in [-0.1, -0.05) is 50.6 Å². The van der Waals surface area contributed by atoms with E-state index < -0.39 is 0 Å². The molecule has 2 nitrogen and oxygen atoms in total. The van der Waals surface area contributed by atoms with Crippen LogP contribution in [0.2, 0.25) is 0 Å². The Morgan fingerprint density at radius 1 is 1.25 bits per heavy atom. The van der Waals surface area contributed by atoms with E-state index in [1.807, 2.05) is 44.2 Å². The first kappa shape index (κ1) is 12.8. The third-order valence-corrected chi connectivity index (χ3v) is 2.83. The third kappa shape index (κ3) is 3.69. The molecule has 0 radical (unpaired) electrons. The summed E-state index contributed by atoms with van der Waals surface area (Å²) in [5.74, 6) is 0.259. The Bertz CT molecular complexity index is 321. The van der Waals surface area contributed by atoms with Crippen molar-refractivity contribution in [2.45, 2.75) is 39.7 Å². The molecule has 0 fully saturated rings. The van der Waals surface area contributed by atoms with Gasteiger partial charge in [-0.25, -0.2) is 0 Å². The Morgan fingerprint density at radius 3 is 2.44 bits per heavy atom. The van der Waals surface area contributed by atoms with Crippen LogP contribution >= 0.6 is 0 Å². The number of hydrogen-bond donors (Lipinski definition) is 1. The molecule has 0 aliphatic carbocycles. The van der Waals surface area contributed by atoms with Crippen molar-refractivity contribution in [3.8, 4) is 0 Å². The van der Waals surface area contributed by atoms with E-state index in [1.54, 1.807) is 0 Å². The molecule has 0 unspecified atom stereocenters. The molecule has 1 aromatic carbocycles. The van der Waals surface area contributed by atoms with Gasteiger partial charge in [-0.2, -0.15) is 0 Å². The van der Waals surface area contributed by atoms with Crippen molar-refractivity contribution in [3.63, 3.8) is 0 Å². The molecule has 0 saturated heterocycles. The van der Waals surface area contributed by atoms with Crippen LogP contribution in [-0.2, 0) is 4.79 Å². The minimum atomic E-state index is 0.0907. The van der Waals surface area contributed by atoms with Crippen LogP contribution in [-0.4, -0.2) is 5.91 Å². The van der Waals surface area contributed by atoms with Crippen molar-refractivity contribution in [3.05, 3.63) is 35.9 Å². The predicted molar refractivity (Wildman–Crippen MR) is 67.1 cm³/mol. The zero-order valence-electron chi connectivity index (χ0n) is 10.4. The number of carbonyl (C=O) groups is 1. The van der Waals surface area contributed by atoms with Gasteiger partial charge in [-0.15, -0.1) is 0 Å². The maximum absolute atomic E-state index is 11.8. The highest BCUT2D eigenvalue weighted by Gasteiger charge is 2.14. The van der Waals surface area contributed by atoms with Crippen molar-refractivity contribution in [2.24, 2.45) is 5.92 Å². The second kappa shape index (κ2) is 6.31. The number of benzene rings is 1. The van der Waals surface area contributed by atoms with Gasteiger partial charge < -0.3 is 5.32 Å². The van der Waals surface area contributed by atoms with Crippen molar-refractivity contribution in [2.75, 3.05) is 0 Å². The van der Waals surface area contributed by atoms with Crippen LogP contribution in [0, 0.1) is 5.92 Å². The van der Waals surface area contributed by atoms with E-state index in [0.29, 0.717) is 0 Å². The minimum Gasteiger partial charge on any atom is -0.349 e. The highest BCUT2D eigenvalue weighted by molar-refractivity contribution is 5.78. The SMILES string of the molecule is CCC[C@@H](C)C(=O)N[C@@H](C)c1ccccc1. The Labute approximate surface area is 98.1 Å². The lowest BCUT2D eigenvalue weighted by molar-refractivity contribution is -0.125. The molecular formula is C14H21NO. The molecule has 88 valence electrons. The summed E-state index contributed by atoms with van der Waals surface area (Å²) in [6.07, 6.45) is 2.00. The van der Waals surface area contributed by atoms with Crippen LogP contribution in [0.25, 0.3) is 0 Å². The molecule has 0 aliphatic rings. The first-order valence-corrected chi connectivity index (χ1v) is 6.00. The van der Waals surface area contributed by atoms with Crippen LogP contribution < -0.4 is 5.32 Å². The molecular weight excluding hydrogens is 198 g/mol. The van der Waals surface area contributed by atoms with E-state index in [0.717, 1.165) is 18.4 Å². The second-order valence-electron chi connectivity index (χ2n) is 4.33. The summed E-state index contributed by atoms with van der Waals surface area (Å²) in [6.45, 7) is 6.10. The lowest BCUT2D eigenvalue weighted by Crippen LogP contribution is -2.31. The van der Waals surface area contributed by atoms with Gasteiger partial charge in [0.05, 0.1) is 6.04 Å². The van der Waals surface area contributed by atoms with E-state index >= 15 is 0 Å². The van der Waals surface area contributed by atoms with Gasteiger partial charge in [0.25, 0.3) is 0 Å². The fourth-order valence-corrected chi connectivity index (χ4v) is 1.74. The summed E-state index contributed by atoms with van der Waals surface area (Å²) < 4.78 is 0. The summed E-state index contributed by atoms with van der Waals surface area (Å²) in [4.78, 5) is 11.8. The van der Waals surface area contributed by atoms with Crippen molar-refractivity contribution < 1.29 is 4.79 Å². The summed E-state index contributed by atoms with van der Waals surface area (Å²) in [7, 11) is 0. The first-order chi connectivity index (χ1) is 7.65. The topological polar surface area (TPSA) is 29.1 Å². The molecule has 2 heteroatoms. The molecule has 0 saturated carbocycles. The smallest absolute Gasteiger partial charge is 0.223 e. The monoisotopic (exact) mass is 219 g/mol. The summed E-state index contributed by atoms with van der Waals surface area (Å²) >= 11 is 0. The van der Waals surface area contributed by atoms with E-state index in [-0.39, 0.29) is 17.9 Å². The molecule has 0 aromatic heterocycles. The Kier molecular flexibility index (Phi) is 5.03. The predicted octanol–water partition coefficient (Wildman–Crippen LogP) is 3.30. The van der Waals surface area contributed by atoms with Gasteiger partial charge >= 0.3 is 0 Å². The molecule has 1 amide bonds. The summed E-state index contributed by atoms with van der Waals surface area (Å²) in [5, 5.41) is 3.04. The second-order valence-corrected chi connectivity index (χ2v) is 4.33. The van der Waals surface area contributed by atoms with Gasteiger partial charge in [0.15, 0.2) is 0 Å². The number of carbonyl (C=O) groups excluding carboxylic acids is 1. The largest absolute Gasteiger partial charge is 0.349 e. The Hall–Kier alpha value is -1.31. The minimum absolute atomic E-state index is 0.0907. The summed E-state index contributed by atoms with van der Waals surface area (Å²) in [5.41, 5.74) is 1.15. The number of rotatable bonds is 5. The molecule has 1 N–H and O–H groups in total. The van der Waals surface area contributed by atoms with Crippen molar-refractivity contribution >= 4 is 5.91 Å². The standard InChI is InChI=1S/C14H21NO/c1-4-8-11(2)14(16)15-12(3)13-9-6-5-7-10-13/h5-7,9-12H,4,8H2,1-3H3,(H,15,16)/t11-,12+/m1/s1. The maximum atomic E-state index is 11.8. The van der Waals surface area contributed by atoms with Crippen LogP contribution in [0.3, 0.4) is 0 Å². The molecule has 0 heterocycles. The van der Waals surface area contributed by atoms with Gasteiger partial charge in [-0.05, 0) is 18.9 Å². The van der Waals surface area contributed by atoms with Crippen LogP contribution in [0.1, 0.15) is 45.2 Å². The van der Waals surface area contributed by atoms with E-state index in [2.05, 4.69) is 12.2 Å². The Morgan fingerprint density at radius 2 is 1.88 bits per heavy atom. The summed E-state index contributed by atoms with van der Waals surface area (Å²) in [6, 6.07) is 10.1. The lowest BCUT2D eigenvalue weighted by atomic mass is 10.0. The number of amides is 1. The third-order valence-electron chi connectivity index (χ3n) is 2.83.